The normalized spacial score (nSPS) is 17.9. The third kappa shape index (κ3) is 3.86. The van der Waals surface area contributed by atoms with Gasteiger partial charge in [0.15, 0.2) is 0 Å². The Morgan fingerprint density at radius 1 is 0.885 bits per heavy atom. The molecule has 0 amide bonds. The molecule has 11 heteroatoms. The molecule has 1 saturated heterocycles. The van der Waals surface area contributed by atoms with Crippen LogP contribution in [-0.4, -0.2) is 61.4 Å². The number of halogens is 1. The summed E-state index contributed by atoms with van der Waals surface area (Å²) in [6.07, 6.45) is 3.17. The fourth-order valence-electron chi connectivity index (χ4n) is 2.79. The second-order valence-corrected chi connectivity index (χ2v) is 10.8. The molecule has 1 aliphatic heterocycles. The molecule has 1 fully saturated rings. The van der Waals surface area contributed by atoms with E-state index in [1.807, 2.05) is 0 Å². The molecule has 0 spiro atoms. The van der Waals surface area contributed by atoms with Crippen LogP contribution in [0.25, 0.3) is 0 Å². The first-order chi connectivity index (χ1) is 12.2. The quantitative estimate of drug-likeness (QED) is 0.681. The highest BCUT2D eigenvalue weighted by Gasteiger charge is 2.32. The maximum Gasteiger partial charge on any atom is 0.246 e. The third-order valence-corrected chi connectivity index (χ3v) is 8.48. The average Bonchev–Trinajstić information content (AvgIpc) is 2.88. The molecule has 3 rings (SSSR count). The number of benzene rings is 1. The number of hydrogen-bond donors (Lipinski definition) is 0. The summed E-state index contributed by atoms with van der Waals surface area (Å²) in [4.78, 5) is 0.313. The van der Waals surface area contributed by atoms with E-state index in [1.54, 1.807) is 19.2 Å². The van der Waals surface area contributed by atoms with Gasteiger partial charge in [0.2, 0.25) is 20.0 Å². The van der Waals surface area contributed by atoms with E-state index in [9.17, 15) is 16.8 Å². The molecule has 2 heterocycles. The zero-order valence-electron chi connectivity index (χ0n) is 14.1. The van der Waals surface area contributed by atoms with Crippen LogP contribution in [0.2, 0.25) is 0 Å². The topological polar surface area (TPSA) is 92.6 Å². The lowest BCUT2D eigenvalue weighted by atomic mass is 10.4. The Labute approximate surface area is 161 Å². The van der Waals surface area contributed by atoms with E-state index in [0.717, 1.165) is 4.47 Å². The molecule has 2 aromatic rings. The monoisotopic (exact) mass is 462 g/mol. The van der Waals surface area contributed by atoms with Crippen molar-refractivity contribution in [2.45, 2.75) is 16.2 Å². The average molecular weight is 463 g/mol. The highest BCUT2D eigenvalue weighted by atomic mass is 79.9. The molecule has 0 unspecified atom stereocenters. The summed E-state index contributed by atoms with van der Waals surface area (Å²) in [5, 5.41) is 3.90. The molecule has 0 radical (unpaired) electrons. The van der Waals surface area contributed by atoms with E-state index in [4.69, 9.17) is 0 Å². The van der Waals surface area contributed by atoms with Crippen LogP contribution in [-0.2, 0) is 27.1 Å². The van der Waals surface area contributed by atoms with E-state index in [1.165, 1.54) is 37.8 Å². The van der Waals surface area contributed by atoms with Gasteiger partial charge >= 0.3 is 0 Å². The molecular formula is C15H19BrN4O4S2. The number of aromatic nitrogens is 2. The second-order valence-electron chi connectivity index (χ2n) is 5.97. The fraction of sp³-hybridized carbons (Fsp3) is 0.400. The Morgan fingerprint density at radius 3 is 1.92 bits per heavy atom. The molecule has 1 aromatic carbocycles. The first-order valence-electron chi connectivity index (χ1n) is 7.96. The molecule has 0 saturated carbocycles. The zero-order chi connectivity index (χ0) is 18.9. The second kappa shape index (κ2) is 7.39. The number of rotatable bonds is 4. The Balaban J connectivity index is 1.79. The minimum absolute atomic E-state index is 0.104. The van der Waals surface area contributed by atoms with E-state index >= 15 is 0 Å². The van der Waals surface area contributed by atoms with Crippen LogP contribution in [0.5, 0.6) is 0 Å². The van der Waals surface area contributed by atoms with Crippen molar-refractivity contribution in [3.05, 3.63) is 41.1 Å². The highest BCUT2D eigenvalue weighted by molar-refractivity contribution is 9.10. The van der Waals surface area contributed by atoms with Gasteiger partial charge in [0.25, 0.3) is 0 Å². The maximum absolute atomic E-state index is 12.8. The minimum atomic E-state index is -3.68. The maximum atomic E-state index is 12.8. The summed E-state index contributed by atoms with van der Waals surface area (Å²) < 4.78 is 55.9. The predicted octanol–water partition coefficient (Wildman–Crippen LogP) is 1.27. The number of aryl methyl sites for hydroxylation is 1. The number of sulfonamides is 2. The molecule has 1 aliphatic rings. The van der Waals surface area contributed by atoms with E-state index in [0.29, 0.717) is 6.42 Å². The van der Waals surface area contributed by atoms with Gasteiger partial charge in [0, 0.05) is 43.9 Å². The van der Waals surface area contributed by atoms with E-state index < -0.39 is 20.0 Å². The van der Waals surface area contributed by atoms with Crippen molar-refractivity contribution < 1.29 is 16.8 Å². The van der Waals surface area contributed by atoms with E-state index in [2.05, 4.69) is 21.0 Å². The van der Waals surface area contributed by atoms with Crippen molar-refractivity contribution in [3.8, 4) is 0 Å². The first-order valence-corrected chi connectivity index (χ1v) is 11.6. The van der Waals surface area contributed by atoms with Crippen molar-refractivity contribution in [2.24, 2.45) is 7.05 Å². The number of hydrogen-bond acceptors (Lipinski definition) is 5. The van der Waals surface area contributed by atoms with Crippen LogP contribution in [0.15, 0.2) is 50.9 Å². The summed E-state index contributed by atoms with van der Waals surface area (Å²) in [7, 11) is -5.69. The van der Waals surface area contributed by atoms with Gasteiger partial charge in [-0.25, -0.2) is 16.8 Å². The molecule has 0 N–H and O–H groups in total. The van der Waals surface area contributed by atoms with Gasteiger partial charge in [-0.05, 0) is 30.7 Å². The lowest BCUT2D eigenvalue weighted by molar-refractivity contribution is 0.404. The van der Waals surface area contributed by atoms with Crippen LogP contribution in [0, 0.1) is 0 Å². The first kappa shape index (κ1) is 19.5. The van der Waals surface area contributed by atoms with Crippen LogP contribution in [0.4, 0.5) is 0 Å². The number of nitrogens with zero attached hydrogens (tertiary/aromatic N) is 4. The van der Waals surface area contributed by atoms with Gasteiger partial charge in [-0.15, -0.1) is 0 Å². The van der Waals surface area contributed by atoms with E-state index in [-0.39, 0.29) is 36.0 Å². The van der Waals surface area contributed by atoms with Crippen molar-refractivity contribution in [3.63, 3.8) is 0 Å². The van der Waals surface area contributed by atoms with Gasteiger partial charge in [0.05, 0.1) is 11.1 Å². The molecular weight excluding hydrogens is 444 g/mol. The molecule has 26 heavy (non-hydrogen) atoms. The van der Waals surface area contributed by atoms with Crippen molar-refractivity contribution in [2.75, 3.05) is 26.2 Å². The largest absolute Gasteiger partial charge is 0.274 e. The van der Waals surface area contributed by atoms with Crippen molar-refractivity contribution in [1.82, 2.24) is 18.4 Å². The van der Waals surface area contributed by atoms with Crippen LogP contribution in [0.3, 0.4) is 0 Å². The molecule has 0 atom stereocenters. The standard InChI is InChI=1S/C15H19BrN4O4S2/c1-18-12-15(11-17-18)26(23,24)20-8-2-7-19(9-10-20)25(21,22)14-5-3-13(16)4-6-14/h3-6,11-12H,2,7-10H2,1H3. The lowest BCUT2D eigenvalue weighted by Crippen LogP contribution is -2.37. The van der Waals surface area contributed by atoms with Gasteiger partial charge in [-0.3, -0.25) is 4.68 Å². The van der Waals surface area contributed by atoms with Gasteiger partial charge < -0.3 is 0 Å². The van der Waals surface area contributed by atoms with Crippen LogP contribution < -0.4 is 0 Å². The lowest BCUT2D eigenvalue weighted by Gasteiger charge is -2.21. The molecule has 1 aromatic heterocycles. The molecule has 0 bridgehead atoms. The van der Waals surface area contributed by atoms with Crippen molar-refractivity contribution in [1.29, 1.82) is 0 Å². The summed E-state index contributed by atoms with van der Waals surface area (Å²) in [5.74, 6) is 0. The van der Waals surface area contributed by atoms with Crippen LogP contribution >= 0.6 is 15.9 Å². The Kier molecular flexibility index (Phi) is 5.54. The van der Waals surface area contributed by atoms with Crippen LogP contribution in [0.1, 0.15) is 6.42 Å². The third-order valence-electron chi connectivity index (χ3n) is 4.18. The SMILES string of the molecule is Cn1cc(S(=O)(=O)N2CCCN(S(=O)(=O)c3ccc(Br)cc3)CC2)cn1. The summed E-state index contributed by atoms with van der Waals surface area (Å²) in [6, 6.07) is 6.41. The molecule has 142 valence electrons. The van der Waals surface area contributed by atoms with Crippen molar-refractivity contribution >= 4 is 36.0 Å². The highest BCUT2D eigenvalue weighted by Crippen LogP contribution is 2.22. The molecule has 0 aliphatic carbocycles. The zero-order valence-corrected chi connectivity index (χ0v) is 17.3. The molecule has 8 nitrogen and oxygen atoms in total. The van der Waals surface area contributed by atoms with Gasteiger partial charge in [-0.1, -0.05) is 15.9 Å². The summed E-state index contributed by atoms with van der Waals surface area (Å²) in [5.41, 5.74) is 0. The smallest absolute Gasteiger partial charge is 0.246 e. The Bertz CT molecular complexity index is 987. The van der Waals surface area contributed by atoms with Gasteiger partial charge in [-0.2, -0.15) is 13.7 Å². The fourth-order valence-corrected chi connectivity index (χ4v) is 5.98. The Morgan fingerprint density at radius 2 is 1.42 bits per heavy atom. The summed E-state index contributed by atoms with van der Waals surface area (Å²) >= 11 is 3.29. The van der Waals surface area contributed by atoms with Gasteiger partial charge in [0.1, 0.15) is 4.90 Å². The Hall–Kier alpha value is -1.27. The minimum Gasteiger partial charge on any atom is -0.274 e. The summed E-state index contributed by atoms with van der Waals surface area (Å²) in [6.45, 7) is 0.756. The predicted molar refractivity (Wildman–Crippen MR) is 99.5 cm³/mol.